The van der Waals surface area contributed by atoms with E-state index >= 15 is 0 Å². The molecule has 0 bridgehead atoms. The van der Waals surface area contributed by atoms with E-state index in [1.807, 2.05) is 30.3 Å². The molecule has 0 spiro atoms. The summed E-state index contributed by atoms with van der Waals surface area (Å²) in [5.74, 6) is 0.532. The van der Waals surface area contributed by atoms with Crippen LogP contribution < -0.4 is 4.72 Å². The molecule has 1 N–H and O–H groups in total. The van der Waals surface area contributed by atoms with Crippen molar-refractivity contribution in [2.75, 3.05) is 19.6 Å². The number of nitrogens with zero attached hydrogens (tertiary/aromatic N) is 1. The summed E-state index contributed by atoms with van der Waals surface area (Å²) in [4.78, 5) is 2.45. The van der Waals surface area contributed by atoms with Gasteiger partial charge in [0.2, 0.25) is 10.0 Å². The Bertz CT molecular complexity index is 520. The zero-order chi connectivity index (χ0) is 15.3. The highest BCUT2D eigenvalue weighted by Gasteiger charge is 2.22. The Balaban J connectivity index is 1.78. The second kappa shape index (κ2) is 7.38. The molecule has 118 valence electrons. The third kappa shape index (κ3) is 5.41. The van der Waals surface area contributed by atoms with Crippen molar-refractivity contribution in [3.05, 3.63) is 35.9 Å². The molecule has 2 rings (SSSR count). The van der Waals surface area contributed by atoms with Gasteiger partial charge in [0.25, 0.3) is 0 Å². The Labute approximate surface area is 128 Å². The minimum atomic E-state index is -3.23. The van der Waals surface area contributed by atoms with Gasteiger partial charge in [-0.1, -0.05) is 30.3 Å². The van der Waals surface area contributed by atoms with Crippen molar-refractivity contribution in [3.8, 4) is 0 Å². The SMILES string of the molecule is CC(C)N1CCC(CNS(=O)(=O)Cc2ccccc2)CC1. The number of likely N-dealkylation sites (tertiary alicyclic amines) is 1. The molecule has 1 aromatic rings. The summed E-state index contributed by atoms with van der Waals surface area (Å²) in [7, 11) is -3.23. The Hall–Kier alpha value is -0.910. The molecule has 0 amide bonds. The zero-order valence-corrected chi connectivity index (χ0v) is 13.8. The highest BCUT2D eigenvalue weighted by Crippen LogP contribution is 2.18. The van der Waals surface area contributed by atoms with E-state index in [1.54, 1.807) is 0 Å². The van der Waals surface area contributed by atoms with Crippen LogP contribution in [0.3, 0.4) is 0 Å². The Kier molecular flexibility index (Phi) is 5.79. The van der Waals surface area contributed by atoms with E-state index < -0.39 is 10.0 Å². The lowest BCUT2D eigenvalue weighted by Gasteiger charge is -2.34. The maximum Gasteiger partial charge on any atom is 0.215 e. The molecule has 1 aromatic carbocycles. The number of hydrogen-bond acceptors (Lipinski definition) is 3. The van der Waals surface area contributed by atoms with Gasteiger partial charge in [-0.15, -0.1) is 0 Å². The molecule has 4 nitrogen and oxygen atoms in total. The van der Waals surface area contributed by atoms with Crippen LogP contribution in [0, 0.1) is 5.92 Å². The van der Waals surface area contributed by atoms with Crippen LogP contribution in [0.15, 0.2) is 30.3 Å². The molecule has 0 saturated carbocycles. The number of rotatable bonds is 6. The van der Waals surface area contributed by atoms with E-state index in [-0.39, 0.29) is 5.75 Å². The molecule has 0 unspecified atom stereocenters. The molecule has 21 heavy (non-hydrogen) atoms. The van der Waals surface area contributed by atoms with Gasteiger partial charge < -0.3 is 4.90 Å². The number of benzene rings is 1. The highest BCUT2D eigenvalue weighted by molar-refractivity contribution is 7.88. The van der Waals surface area contributed by atoms with Crippen LogP contribution in [-0.4, -0.2) is 39.0 Å². The van der Waals surface area contributed by atoms with Crippen molar-refractivity contribution in [1.29, 1.82) is 0 Å². The molecule has 0 aromatic heterocycles. The fourth-order valence-corrected chi connectivity index (χ4v) is 3.99. The summed E-state index contributed by atoms with van der Waals surface area (Å²) in [6, 6.07) is 9.91. The summed E-state index contributed by atoms with van der Waals surface area (Å²) in [5, 5.41) is 0. The summed E-state index contributed by atoms with van der Waals surface area (Å²) in [6.07, 6.45) is 2.15. The van der Waals surface area contributed by atoms with Crippen molar-refractivity contribution in [2.45, 2.75) is 38.5 Å². The first-order valence-corrected chi connectivity index (χ1v) is 9.37. The summed E-state index contributed by atoms with van der Waals surface area (Å²) in [5.41, 5.74) is 0.833. The lowest BCUT2D eigenvalue weighted by Crippen LogP contribution is -2.41. The first-order valence-electron chi connectivity index (χ1n) is 7.71. The largest absolute Gasteiger partial charge is 0.301 e. The van der Waals surface area contributed by atoms with E-state index in [2.05, 4.69) is 23.5 Å². The quantitative estimate of drug-likeness (QED) is 0.876. The van der Waals surface area contributed by atoms with Crippen molar-refractivity contribution in [3.63, 3.8) is 0 Å². The van der Waals surface area contributed by atoms with Gasteiger partial charge in [0.05, 0.1) is 5.75 Å². The number of nitrogens with one attached hydrogen (secondary N) is 1. The van der Waals surface area contributed by atoms with Crippen molar-refractivity contribution < 1.29 is 8.42 Å². The van der Waals surface area contributed by atoms with Gasteiger partial charge in [-0.25, -0.2) is 13.1 Å². The number of sulfonamides is 1. The van der Waals surface area contributed by atoms with Crippen LogP contribution in [0.4, 0.5) is 0 Å². The molecule has 0 aliphatic carbocycles. The molecule has 1 saturated heterocycles. The van der Waals surface area contributed by atoms with Gasteiger partial charge >= 0.3 is 0 Å². The molecule has 1 heterocycles. The van der Waals surface area contributed by atoms with Crippen molar-refractivity contribution in [2.24, 2.45) is 5.92 Å². The molecular weight excluding hydrogens is 284 g/mol. The van der Waals surface area contributed by atoms with E-state index in [9.17, 15) is 8.42 Å². The highest BCUT2D eigenvalue weighted by atomic mass is 32.2. The van der Waals surface area contributed by atoms with Gasteiger partial charge in [-0.3, -0.25) is 0 Å². The van der Waals surface area contributed by atoms with Crippen LogP contribution in [0.5, 0.6) is 0 Å². The summed E-state index contributed by atoms with van der Waals surface area (Å²) in [6.45, 7) is 7.14. The predicted octanol–water partition coefficient (Wildman–Crippen LogP) is 2.23. The van der Waals surface area contributed by atoms with Crippen LogP contribution >= 0.6 is 0 Å². The van der Waals surface area contributed by atoms with Crippen LogP contribution in [-0.2, 0) is 15.8 Å². The second-order valence-electron chi connectivity index (χ2n) is 6.17. The maximum absolute atomic E-state index is 12.1. The van der Waals surface area contributed by atoms with Gasteiger partial charge in [0.1, 0.15) is 0 Å². The fourth-order valence-electron chi connectivity index (χ4n) is 2.76. The average Bonchev–Trinajstić information content (AvgIpc) is 2.46. The number of hydrogen-bond donors (Lipinski definition) is 1. The first-order chi connectivity index (χ1) is 9.96. The first kappa shape index (κ1) is 16.5. The van der Waals surface area contributed by atoms with Gasteiger partial charge in [0.15, 0.2) is 0 Å². The Morgan fingerprint density at radius 1 is 1.19 bits per heavy atom. The predicted molar refractivity (Wildman–Crippen MR) is 86.5 cm³/mol. The molecule has 1 aliphatic heterocycles. The summed E-state index contributed by atoms with van der Waals surface area (Å²) >= 11 is 0. The van der Waals surface area contributed by atoms with Crippen LogP contribution in [0.1, 0.15) is 32.3 Å². The minimum Gasteiger partial charge on any atom is -0.301 e. The molecule has 5 heteroatoms. The smallest absolute Gasteiger partial charge is 0.215 e. The summed E-state index contributed by atoms with van der Waals surface area (Å²) < 4.78 is 27.0. The molecule has 0 atom stereocenters. The minimum absolute atomic E-state index is 0.0681. The lowest BCUT2D eigenvalue weighted by atomic mass is 9.96. The zero-order valence-electron chi connectivity index (χ0n) is 13.0. The monoisotopic (exact) mass is 310 g/mol. The van der Waals surface area contributed by atoms with Gasteiger partial charge in [-0.2, -0.15) is 0 Å². The number of piperidine rings is 1. The molecular formula is C16H26N2O2S. The van der Waals surface area contributed by atoms with Crippen molar-refractivity contribution >= 4 is 10.0 Å². The van der Waals surface area contributed by atoms with Gasteiger partial charge in [0, 0.05) is 12.6 Å². The van der Waals surface area contributed by atoms with Crippen molar-refractivity contribution in [1.82, 2.24) is 9.62 Å². The lowest BCUT2D eigenvalue weighted by molar-refractivity contribution is 0.150. The molecule has 0 radical (unpaired) electrons. The van der Waals surface area contributed by atoms with E-state index in [4.69, 9.17) is 0 Å². The normalized spacial score (nSPS) is 18.2. The average molecular weight is 310 g/mol. The van der Waals surface area contributed by atoms with Crippen LogP contribution in [0.2, 0.25) is 0 Å². The Morgan fingerprint density at radius 3 is 2.38 bits per heavy atom. The van der Waals surface area contributed by atoms with E-state index in [1.165, 1.54) is 0 Å². The molecule has 1 aliphatic rings. The molecule has 1 fully saturated rings. The third-order valence-corrected chi connectivity index (χ3v) is 5.49. The maximum atomic E-state index is 12.1. The standard InChI is InChI=1S/C16H26N2O2S/c1-14(2)18-10-8-15(9-11-18)12-17-21(19,20)13-16-6-4-3-5-7-16/h3-7,14-15,17H,8-13H2,1-2H3. The topological polar surface area (TPSA) is 49.4 Å². The fraction of sp³-hybridized carbons (Fsp3) is 0.625. The van der Waals surface area contributed by atoms with Crippen LogP contribution in [0.25, 0.3) is 0 Å². The van der Waals surface area contributed by atoms with Gasteiger partial charge in [-0.05, 0) is 51.3 Å². The third-order valence-electron chi connectivity index (χ3n) is 4.17. The van der Waals surface area contributed by atoms with E-state index in [0.29, 0.717) is 18.5 Å². The second-order valence-corrected chi connectivity index (χ2v) is 7.97. The Morgan fingerprint density at radius 2 is 1.81 bits per heavy atom. The van der Waals surface area contributed by atoms with E-state index in [0.717, 1.165) is 31.5 Å².